The quantitative estimate of drug-likeness (QED) is 0.0495. The summed E-state index contributed by atoms with van der Waals surface area (Å²) in [6.07, 6.45) is 0. The van der Waals surface area contributed by atoms with Crippen molar-refractivity contribution in [1.82, 2.24) is 0 Å². The normalized spacial score (nSPS) is 14.1. The van der Waals surface area contributed by atoms with Gasteiger partial charge < -0.3 is 20.9 Å². The predicted molar refractivity (Wildman–Crippen MR) is 270 cm³/mol. The lowest BCUT2D eigenvalue weighted by molar-refractivity contribution is -0.132. The second kappa shape index (κ2) is 26.2. The number of rotatable bonds is 32. The van der Waals surface area contributed by atoms with Gasteiger partial charge in [0.2, 0.25) is 0 Å². The minimum atomic E-state index is -3.22. The zero-order chi connectivity index (χ0) is 46.3. The average molecular weight is 918 g/mol. The molecule has 0 aliphatic rings. The minimum Gasteiger partial charge on any atom is -0.491 e. The van der Waals surface area contributed by atoms with E-state index in [-0.39, 0.29) is 5.97 Å². The molecule has 0 aromatic carbocycles. The molecule has 0 aliphatic heterocycles. The summed E-state index contributed by atoms with van der Waals surface area (Å²) < 4.78 is 40.2. The van der Waals surface area contributed by atoms with Gasteiger partial charge in [-0.05, 0) is 126 Å². The highest BCUT2D eigenvalue weighted by Gasteiger charge is 2.60. The SMILES string of the molecule is C=C(C)C(=O)O[Si](CC(C)C)(CC(C)C)O[Si](CC(C)C)(CC(C)C)O[Si](CC(C)C)(CC(C)C)O[Si](CC(C)C)(CC(C)C)O[Si](CC(C)C)(CC(C)C)CC(C)C. The molecule has 0 saturated heterocycles. The summed E-state index contributed by atoms with van der Waals surface area (Å²) >= 11 is 0. The zero-order valence-electron chi connectivity index (χ0n) is 43.8. The molecule has 0 aromatic heterocycles. The monoisotopic (exact) mass is 917 g/mol. The van der Waals surface area contributed by atoms with E-state index in [4.69, 9.17) is 20.9 Å². The Hall–Kier alpha value is 0.134. The van der Waals surface area contributed by atoms with Gasteiger partial charge in [-0.25, -0.2) is 4.79 Å². The van der Waals surface area contributed by atoms with E-state index in [0.717, 1.165) is 66.5 Å². The van der Waals surface area contributed by atoms with Crippen LogP contribution in [0.5, 0.6) is 0 Å². The van der Waals surface area contributed by atoms with E-state index in [2.05, 4.69) is 159 Å². The number of carbonyl (C=O) groups is 1. The molecule has 0 amide bonds. The third-order valence-electron chi connectivity index (χ3n) is 10.2. The fourth-order valence-electron chi connectivity index (χ4n) is 10.3. The third-order valence-corrected chi connectivity index (χ3v) is 39.1. The average Bonchev–Trinajstić information content (AvgIpc) is 2.91. The van der Waals surface area contributed by atoms with Crippen molar-refractivity contribution < 1.29 is 25.7 Å². The Kier molecular flexibility index (Phi) is 26.2. The van der Waals surface area contributed by atoms with Crippen LogP contribution in [-0.4, -0.2) is 48.5 Å². The van der Waals surface area contributed by atoms with E-state index in [0.29, 0.717) is 70.7 Å². The zero-order valence-corrected chi connectivity index (χ0v) is 48.8. The molecule has 0 heterocycles. The highest BCUT2D eigenvalue weighted by atomic mass is 28.5. The van der Waals surface area contributed by atoms with E-state index < -0.39 is 42.6 Å². The first-order valence-corrected chi connectivity index (χ1v) is 35.9. The summed E-state index contributed by atoms with van der Waals surface area (Å²) in [5, 5.41) is 0. The highest BCUT2D eigenvalue weighted by molar-refractivity contribution is 6.92. The standard InChI is InChI=1S/C48H104O6Si5/c1-36(2)25-55(26-37(3)4,27-38(5)6)51-57(30-41(11)12,31-42(13)14)53-59(34-45(19)20,35-46(21)22)54-58(32-43(15)16,33-44(17)18)52-56(28-39(7)8,29-40(9)10)50-48(49)47(23)24/h36-46H,23,25-35H2,1-22,24H3. The Morgan fingerprint density at radius 2 is 0.525 bits per heavy atom. The van der Waals surface area contributed by atoms with Gasteiger partial charge in [-0.15, -0.1) is 0 Å². The predicted octanol–water partition coefficient (Wildman–Crippen LogP) is 16.1. The van der Waals surface area contributed by atoms with Crippen LogP contribution in [0.1, 0.15) is 159 Å². The Morgan fingerprint density at radius 1 is 0.339 bits per heavy atom. The number of hydrogen-bond acceptors (Lipinski definition) is 6. The molecular weight excluding hydrogens is 813 g/mol. The number of carbonyl (C=O) groups excluding carboxylic acids is 1. The topological polar surface area (TPSA) is 63.2 Å². The molecule has 0 rings (SSSR count). The van der Waals surface area contributed by atoms with Crippen molar-refractivity contribution in [1.29, 1.82) is 0 Å². The van der Waals surface area contributed by atoms with Crippen LogP contribution < -0.4 is 0 Å². The molecular formula is C48H104O6Si5. The maximum Gasteiger partial charge on any atom is 0.393 e. The lowest BCUT2D eigenvalue weighted by atomic mass is 10.2. The van der Waals surface area contributed by atoms with Crippen molar-refractivity contribution in [3.05, 3.63) is 12.2 Å². The van der Waals surface area contributed by atoms with Gasteiger partial charge in [0.1, 0.15) is 0 Å². The maximum atomic E-state index is 13.8. The second-order valence-corrected chi connectivity index (χ2v) is 41.6. The van der Waals surface area contributed by atoms with Gasteiger partial charge in [-0.3, -0.25) is 0 Å². The molecule has 0 atom stereocenters. The first kappa shape index (κ1) is 59.1. The Morgan fingerprint density at radius 3 is 0.729 bits per heavy atom. The molecule has 59 heavy (non-hydrogen) atoms. The molecule has 0 N–H and O–H groups in total. The molecule has 0 bridgehead atoms. The van der Waals surface area contributed by atoms with Crippen molar-refractivity contribution in [3.63, 3.8) is 0 Å². The summed E-state index contributed by atoms with van der Waals surface area (Å²) in [6, 6.07) is 10.4. The van der Waals surface area contributed by atoms with Crippen LogP contribution in [0.3, 0.4) is 0 Å². The van der Waals surface area contributed by atoms with Crippen molar-refractivity contribution in [3.8, 4) is 0 Å². The first-order valence-electron chi connectivity index (χ1n) is 24.4. The highest BCUT2D eigenvalue weighted by Crippen LogP contribution is 2.46. The lowest BCUT2D eigenvalue weighted by Crippen LogP contribution is -2.67. The van der Waals surface area contributed by atoms with E-state index in [1.165, 1.54) is 0 Å². The molecule has 352 valence electrons. The van der Waals surface area contributed by atoms with Crippen molar-refractivity contribution >= 4 is 48.5 Å². The Bertz CT molecular complexity index is 1130. The molecule has 11 heteroatoms. The van der Waals surface area contributed by atoms with Crippen LogP contribution in [0.15, 0.2) is 12.2 Å². The van der Waals surface area contributed by atoms with Gasteiger partial charge in [0.15, 0.2) is 8.32 Å². The molecule has 0 saturated carbocycles. The van der Waals surface area contributed by atoms with Gasteiger partial charge >= 0.3 is 40.2 Å². The van der Waals surface area contributed by atoms with E-state index in [9.17, 15) is 4.79 Å². The van der Waals surface area contributed by atoms with Crippen LogP contribution in [0.25, 0.3) is 0 Å². The Balaban J connectivity index is 8.74. The van der Waals surface area contributed by atoms with Crippen molar-refractivity contribution in [2.75, 3.05) is 0 Å². The fourth-order valence-corrected chi connectivity index (χ4v) is 45.3. The molecule has 0 aliphatic carbocycles. The minimum absolute atomic E-state index is 0.291. The van der Waals surface area contributed by atoms with E-state index in [1.54, 1.807) is 6.92 Å². The number of hydrogen-bond donors (Lipinski definition) is 0. The smallest absolute Gasteiger partial charge is 0.393 e. The molecule has 0 aromatic rings. The van der Waals surface area contributed by atoms with E-state index >= 15 is 0 Å². The molecule has 6 nitrogen and oxygen atoms in total. The molecule has 0 unspecified atom stereocenters. The van der Waals surface area contributed by atoms with Gasteiger partial charge in [-0.1, -0.05) is 159 Å². The van der Waals surface area contributed by atoms with Crippen LogP contribution in [0.4, 0.5) is 0 Å². The fraction of sp³-hybridized carbons (Fsp3) is 0.938. The summed E-state index contributed by atoms with van der Waals surface area (Å²) in [7, 11) is -14.9. The van der Waals surface area contributed by atoms with Crippen LogP contribution in [-0.2, 0) is 25.7 Å². The van der Waals surface area contributed by atoms with Crippen LogP contribution >= 0.6 is 0 Å². The van der Waals surface area contributed by atoms with E-state index in [1.807, 2.05) is 0 Å². The third kappa shape index (κ3) is 23.6. The van der Waals surface area contributed by atoms with Crippen LogP contribution in [0.2, 0.25) is 66.5 Å². The first-order chi connectivity index (χ1) is 26.7. The van der Waals surface area contributed by atoms with Gasteiger partial charge in [0.05, 0.1) is 0 Å². The summed E-state index contributed by atoms with van der Waals surface area (Å²) in [5.74, 6) is 4.19. The van der Waals surface area contributed by atoms with Gasteiger partial charge in [-0.2, -0.15) is 0 Å². The Labute approximate surface area is 375 Å². The second-order valence-electron chi connectivity index (χ2n) is 24.0. The molecule has 0 spiro atoms. The maximum absolute atomic E-state index is 13.8. The summed E-state index contributed by atoms with van der Waals surface area (Å²) in [4.78, 5) is 13.8. The van der Waals surface area contributed by atoms with Gasteiger partial charge in [0, 0.05) is 17.7 Å². The molecule has 0 radical (unpaired) electrons. The van der Waals surface area contributed by atoms with Gasteiger partial charge in [0.25, 0.3) is 0 Å². The largest absolute Gasteiger partial charge is 0.491 e. The summed E-state index contributed by atoms with van der Waals surface area (Å²) in [5.41, 5.74) is 0.428. The van der Waals surface area contributed by atoms with Crippen molar-refractivity contribution in [2.45, 2.75) is 226 Å². The molecule has 0 fully saturated rings. The van der Waals surface area contributed by atoms with Crippen LogP contribution in [0, 0.1) is 65.1 Å². The summed E-state index contributed by atoms with van der Waals surface area (Å²) in [6.45, 7) is 57.4. The van der Waals surface area contributed by atoms with Crippen molar-refractivity contribution in [2.24, 2.45) is 65.1 Å². The lowest BCUT2D eigenvalue weighted by Gasteiger charge is -2.52.